The first-order chi connectivity index (χ1) is 8.89. The first-order valence-corrected chi connectivity index (χ1v) is 6.91. The summed E-state index contributed by atoms with van der Waals surface area (Å²) in [6.45, 7) is 4.90. The number of carbonyl (C=O) groups excluding carboxylic acids is 1. The largest absolute Gasteiger partial charge is 0.465 e. The summed E-state index contributed by atoms with van der Waals surface area (Å²) in [4.78, 5) is 11.4. The number of carbonyl (C=O) groups is 1. The average molecular weight is 330 g/mol. The standard InChI is InChI=1S/C14H20BrNO3/c1-14(2,6-7-17)16-9-11-5-4-10(8-12(11)15)13(18)19-3/h4-5,8,16-17H,6-7,9H2,1-3H3. The van der Waals surface area contributed by atoms with Gasteiger partial charge in [-0.3, -0.25) is 0 Å². The molecule has 0 bridgehead atoms. The van der Waals surface area contributed by atoms with Crippen molar-refractivity contribution < 1.29 is 14.6 Å². The number of ether oxygens (including phenoxy) is 1. The molecule has 0 saturated carbocycles. The minimum Gasteiger partial charge on any atom is -0.465 e. The van der Waals surface area contributed by atoms with Crippen molar-refractivity contribution >= 4 is 21.9 Å². The molecule has 0 radical (unpaired) electrons. The lowest BCUT2D eigenvalue weighted by atomic mass is 10.0. The Labute approximate surface area is 122 Å². The number of aliphatic hydroxyl groups excluding tert-OH is 1. The lowest BCUT2D eigenvalue weighted by Crippen LogP contribution is -2.39. The third-order valence-corrected chi connectivity index (χ3v) is 3.71. The lowest BCUT2D eigenvalue weighted by Gasteiger charge is -2.25. The van der Waals surface area contributed by atoms with E-state index in [4.69, 9.17) is 5.11 Å². The number of nitrogens with one attached hydrogen (secondary N) is 1. The molecule has 0 aliphatic rings. The van der Waals surface area contributed by atoms with Gasteiger partial charge in [0.25, 0.3) is 0 Å². The van der Waals surface area contributed by atoms with Crippen LogP contribution in [0.3, 0.4) is 0 Å². The summed E-state index contributed by atoms with van der Waals surface area (Å²) in [5.74, 6) is -0.346. The fourth-order valence-corrected chi connectivity index (χ4v) is 2.16. The number of benzene rings is 1. The van der Waals surface area contributed by atoms with Gasteiger partial charge in [0.2, 0.25) is 0 Å². The molecule has 0 atom stereocenters. The highest BCUT2D eigenvalue weighted by atomic mass is 79.9. The second-order valence-corrected chi connectivity index (χ2v) is 5.86. The van der Waals surface area contributed by atoms with E-state index >= 15 is 0 Å². The van der Waals surface area contributed by atoms with Crippen molar-refractivity contribution in [3.05, 3.63) is 33.8 Å². The van der Waals surface area contributed by atoms with E-state index in [-0.39, 0.29) is 18.1 Å². The molecule has 1 rings (SSSR count). The number of methoxy groups -OCH3 is 1. The normalized spacial score (nSPS) is 11.4. The van der Waals surface area contributed by atoms with Gasteiger partial charge >= 0.3 is 5.97 Å². The summed E-state index contributed by atoms with van der Waals surface area (Å²) >= 11 is 3.45. The number of halogens is 1. The Bertz CT molecular complexity index is 446. The number of hydrogen-bond donors (Lipinski definition) is 2. The summed E-state index contributed by atoms with van der Waals surface area (Å²) < 4.78 is 5.54. The van der Waals surface area contributed by atoms with Crippen molar-refractivity contribution in [3.8, 4) is 0 Å². The predicted molar refractivity (Wildman–Crippen MR) is 78.1 cm³/mol. The van der Waals surface area contributed by atoms with Crippen molar-refractivity contribution in [1.82, 2.24) is 5.32 Å². The Morgan fingerprint density at radius 3 is 2.68 bits per heavy atom. The van der Waals surface area contributed by atoms with Gasteiger partial charge in [0.1, 0.15) is 0 Å². The summed E-state index contributed by atoms with van der Waals surface area (Å²) in [6, 6.07) is 5.38. The highest BCUT2D eigenvalue weighted by Gasteiger charge is 2.16. The van der Waals surface area contributed by atoms with Gasteiger partial charge in [-0.2, -0.15) is 0 Å². The van der Waals surface area contributed by atoms with Gasteiger partial charge < -0.3 is 15.2 Å². The molecule has 0 saturated heterocycles. The molecule has 0 fully saturated rings. The summed E-state index contributed by atoms with van der Waals surface area (Å²) in [6.07, 6.45) is 0.685. The van der Waals surface area contributed by atoms with Crippen LogP contribution in [0.15, 0.2) is 22.7 Å². The van der Waals surface area contributed by atoms with Gasteiger partial charge in [-0.05, 0) is 38.0 Å². The topological polar surface area (TPSA) is 58.6 Å². The Kier molecular flexibility index (Phi) is 5.97. The quantitative estimate of drug-likeness (QED) is 0.787. The van der Waals surface area contributed by atoms with Gasteiger partial charge in [0, 0.05) is 23.2 Å². The van der Waals surface area contributed by atoms with Crippen molar-refractivity contribution in [3.63, 3.8) is 0 Å². The van der Waals surface area contributed by atoms with Crippen LogP contribution in [-0.2, 0) is 11.3 Å². The van der Waals surface area contributed by atoms with Crippen LogP contribution >= 0.6 is 15.9 Å². The van der Waals surface area contributed by atoms with Crippen molar-refractivity contribution in [2.75, 3.05) is 13.7 Å². The Balaban J connectivity index is 2.73. The third kappa shape index (κ3) is 4.93. The minimum atomic E-state index is -0.346. The number of esters is 1. The summed E-state index contributed by atoms with van der Waals surface area (Å²) in [5.41, 5.74) is 1.45. The van der Waals surface area contributed by atoms with Crippen LogP contribution in [0.1, 0.15) is 36.2 Å². The van der Waals surface area contributed by atoms with Gasteiger partial charge in [0.05, 0.1) is 12.7 Å². The number of aliphatic hydroxyl groups is 1. The molecule has 0 unspecified atom stereocenters. The van der Waals surface area contributed by atoms with Crippen molar-refractivity contribution in [2.45, 2.75) is 32.4 Å². The first-order valence-electron chi connectivity index (χ1n) is 6.12. The van der Waals surface area contributed by atoms with Crippen LogP contribution in [0.4, 0.5) is 0 Å². The third-order valence-electron chi connectivity index (χ3n) is 2.97. The monoisotopic (exact) mass is 329 g/mol. The molecule has 106 valence electrons. The number of hydrogen-bond acceptors (Lipinski definition) is 4. The zero-order valence-electron chi connectivity index (χ0n) is 11.5. The molecule has 19 heavy (non-hydrogen) atoms. The molecular weight excluding hydrogens is 310 g/mol. The highest BCUT2D eigenvalue weighted by molar-refractivity contribution is 9.10. The average Bonchev–Trinajstić information content (AvgIpc) is 2.36. The minimum absolute atomic E-state index is 0.130. The van der Waals surface area contributed by atoms with Crippen LogP contribution in [-0.4, -0.2) is 30.3 Å². The maximum absolute atomic E-state index is 11.4. The molecule has 0 heterocycles. The van der Waals surface area contributed by atoms with Crippen LogP contribution in [0.2, 0.25) is 0 Å². The number of rotatable bonds is 6. The molecule has 2 N–H and O–H groups in total. The maximum atomic E-state index is 11.4. The van der Waals surface area contributed by atoms with Crippen molar-refractivity contribution in [2.24, 2.45) is 0 Å². The van der Waals surface area contributed by atoms with Crippen LogP contribution in [0.5, 0.6) is 0 Å². The SMILES string of the molecule is COC(=O)c1ccc(CNC(C)(C)CCO)c(Br)c1. The van der Waals surface area contributed by atoms with Gasteiger partial charge in [-0.1, -0.05) is 22.0 Å². The van der Waals surface area contributed by atoms with E-state index in [1.807, 2.05) is 19.9 Å². The Hall–Kier alpha value is -0.910. The van der Waals surface area contributed by atoms with E-state index in [1.165, 1.54) is 7.11 Å². The highest BCUT2D eigenvalue weighted by Crippen LogP contribution is 2.20. The molecule has 0 amide bonds. The molecule has 4 nitrogen and oxygen atoms in total. The lowest BCUT2D eigenvalue weighted by molar-refractivity contribution is 0.0600. The summed E-state index contributed by atoms with van der Waals surface area (Å²) in [7, 11) is 1.36. The van der Waals surface area contributed by atoms with E-state index in [9.17, 15) is 4.79 Å². The molecule has 5 heteroatoms. The summed E-state index contributed by atoms with van der Waals surface area (Å²) in [5, 5.41) is 12.4. The Morgan fingerprint density at radius 1 is 1.47 bits per heavy atom. The second kappa shape index (κ2) is 7.03. The van der Waals surface area contributed by atoms with Crippen LogP contribution in [0.25, 0.3) is 0 Å². The maximum Gasteiger partial charge on any atom is 0.337 e. The smallest absolute Gasteiger partial charge is 0.337 e. The molecule has 0 spiro atoms. The second-order valence-electron chi connectivity index (χ2n) is 5.01. The van der Waals surface area contributed by atoms with Crippen LogP contribution in [0, 0.1) is 0 Å². The fourth-order valence-electron chi connectivity index (χ4n) is 1.64. The predicted octanol–water partition coefficient (Wildman–Crippen LogP) is 2.49. The first kappa shape index (κ1) is 16.1. The molecular formula is C14H20BrNO3. The van der Waals surface area contributed by atoms with Crippen LogP contribution < -0.4 is 5.32 Å². The van der Waals surface area contributed by atoms with Gasteiger partial charge in [0.15, 0.2) is 0 Å². The zero-order chi connectivity index (χ0) is 14.5. The van der Waals surface area contributed by atoms with E-state index in [0.29, 0.717) is 18.5 Å². The van der Waals surface area contributed by atoms with Gasteiger partial charge in [-0.25, -0.2) is 4.79 Å². The van der Waals surface area contributed by atoms with E-state index in [0.717, 1.165) is 10.0 Å². The van der Waals surface area contributed by atoms with E-state index in [2.05, 4.69) is 26.0 Å². The molecule has 0 aliphatic carbocycles. The van der Waals surface area contributed by atoms with Crippen molar-refractivity contribution in [1.29, 1.82) is 0 Å². The molecule has 1 aromatic rings. The Morgan fingerprint density at radius 2 is 2.16 bits per heavy atom. The zero-order valence-corrected chi connectivity index (χ0v) is 13.1. The van der Waals surface area contributed by atoms with E-state index < -0.39 is 0 Å². The van der Waals surface area contributed by atoms with E-state index in [1.54, 1.807) is 12.1 Å². The molecule has 1 aromatic carbocycles. The van der Waals surface area contributed by atoms with Gasteiger partial charge in [-0.15, -0.1) is 0 Å². The molecule has 0 aromatic heterocycles. The fraction of sp³-hybridized carbons (Fsp3) is 0.500. The molecule has 0 aliphatic heterocycles.